The zero-order valence-corrected chi connectivity index (χ0v) is 21.0. The van der Waals surface area contributed by atoms with Crippen molar-refractivity contribution in [3.8, 4) is 5.75 Å². The van der Waals surface area contributed by atoms with Crippen molar-refractivity contribution < 1.29 is 9.53 Å². The highest BCUT2D eigenvalue weighted by Gasteiger charge is 2.36. The van der Waals surface area contributed by atoms with E-state index in [4.69, 9.17) is 4.74 Å². The zero-order chi connectivity index (χ0) is 23.9. The van der Waals surface area contributed by atoms with Crippen LogP contribution in [0, 0.1) is 11.8 Å². The van der Waals surface area contributed by atoms with Crippen LogP contribution in [0.4, 0.5) is 0 Å². The van der Waals surface area contributed by atoms with Crippen LogP contribution >= 0.6 is 0 Å². The molecule has 3 heterocycles. The normalized spacial score (nSPS) is 21.3. The van der Waals surface area contributed by atoms with E-state index >= 15 is 0 Å². The van der Waals surface area contributed by atoms with Gasteiger partial charge in [-0.15, -0.1) is 0 Å². The summed E-state index contributed by atoms with van der Waals surface area (Å²) in [6, 6.07) is 14.6. The largest absolute Gasteiger partial charge is 0.497 e. The van der Waals surface area contributed by atoms with E-state index in [-0.39, 0.29) is 11.8 Å². The van der Waals surface area contributed by atoms with Gasteiger partial charge in [0.2, 0.25) is 5.91 Å². The molecule has 0 bridgehead atoms. The van der Waals surface area contributed by atoms with Gasteiger partial charge in [-0.1, -0.05) is 32.0 Å². The molecule has 2 aliphatic rings. The summed E-state index contributed by atoms with van der Waals surface area (Å²) in [6.45, 7) is 11.7. The first kappa shape index (κ1) is 24.7. The van der Waals surface area contributed by atoms with Crippen LogP contribution in [0.1, 0.15) is 43.9 Å². The molecule has 2 fully saturated rings. The van der Waals surface area contributed by atoms with Crippen LogP contribution in [0.15, 0.2) is 48.7 Å². The van der Waals surface area contributed by atoms with Crippen molar-refractivity contribution in [3.05, 3.63) is 59.9 Å². The first-order chi connectivity index (χ1) is 16.5. The molecule has 0 aliphatic carbocycles. The Morgan fingerprint density at radius 2 is 1.94 bits per heavy atom. The van der Waals surface area contributed by atoms with Crippen molar-refractivity contribution in [1.82, 2.24) is 19.7 Å². The maximum Gasteiger partial charge on any atom is 0.225 e. The molecule has 2 unspecified atom stereocenters. The zero-order valence-electron chi connectivity index (χ0n) is 21.0. The van der Waals surface area contributed by atoms with Crippen LogP contribution in [0.25, 0.3) is 0 Å². The van der Waals surface area contributed by atoms with Gasteiger partial charge in [0, 0.05) is 57.3 Å². The number of pyridine rings is 1. The number of methoxy groups -OCH3 is 1. The second-order valence-corrected chi connectivity index (χ2v) is 10.1. The SMILES string of the molecule is COc1cccc(C2CN(Cc3ccccn3)CC2CN(CCN2CCCC2)C(=O)C(C)C)c1. The Kier molecular flexibility index (Phi) is 8.57. The molecule has 6 heteroatoms. The molecular weight excluding hydrogens is 424 g/mol. The first-order valence-corrected chi connectivity index (χ1v) is 12.8. The fourth-order valence-corrected chi connectivity index (χ4v) is 5.45. The van der Waals surface area contributed by atoms with Gasteiger partial charge in [-0.2, -0.15) is 0 Å². The number of carbonyl (C=O) groups excluding carboxylic acids is 1. The lowest BCUT2D eigenvalue weighted by molar-refractivity contribution is -0.135. The quantitative estimate of drug-likeness (QED) is 0.534. The topological polar surface area (TPSA) is 48.9 Å². The van der Waals surface area contributed by atoms with Gasteiger partial charge in [0.05, 0.1) is 12.8 Å². The monoisotopic (exact) mass is 464 g/mol. The summed E-state index contributed by atoms with van der Waals surface area (Å²) in [5, 5.41) is 0. The third-order valence-corrected chi connectivity index (χ3v) is 7.30. The molecule has 34 heavy (non-hydrogen) atoms. The van der Waals surface area contributed by atoms with Crippen molar-refractivity contribution in [2.75, 3.05) is 52.9 Å². The van der Waals surface area contributed by atoms with E-state index in [9.17, 15) is 4.79 Å². The number of benzene rings is 1. The smallest absolute Gasteiger partial charge is 0.225 e. The summed E-state index contributed by atoms with van der Waals surface area (Å²) in [6.07, 6.45) is 4.42. The molecule has 1 aromatic heterocycles. The Balaban J connectivity index is 1.52. The molecule has 0 N–H and O–H groups in total. The minimum atomic E-state index is 0.0138. The summed E-state index contributed by atoms with van der Waals surface area (Å²) in [4.78, 5) is 24.9. The van der Waals surface area contributed by atoms with E-state index in [0.717, 1.165) is 63.8 Å². The van der Waals surface area contributed by atoms with Gasteiger partial charge >= 0.3 is 0 Å². The molecule has 2 aromatic rings. The second kappa shape index (κ2) is 11.8. The second-order valence-electron chi connectivity index (χ2n) is 10.1. The molecule has 0 radical (unpaired) electrons. The minimum Gasteiger partial charge on any atom is -0.497 e. The van der Waals surface area contributed by atoms with Gasteiger partial charge in [-0.25, -0.2) is 0 Å². The third-order valence-electron chi connectivity index (χ3n) is 7.30. The molecule has 2 atom stereocenters. The van der Waals surface area contributed by atoms with Crippen molar-refractivity contribution >= 4 is 5.91 Å². The Hall–Kier alpha value is -2.44. The van der Waals surface area contributed by atoms with Crippen LogP contribution < -0.4 is 4.74 Å². The van der Waals surface area contributed by atoms with Crippen molar-refractivity contribution in [2.45, 2.75) is 39.2 Å². The number of nitrogens with zero attached hydrogens (tertiary/aromatic N) is 4. The first-order valence-electron chi connectivity index (χ1n) is 12.8. The summed E-state index contributed by atoms with van der Waals surface area (Å²) in [5.74, 6) is 1.90. The van der Waals surface area contributed by atoms with E-state index in [1.54, 1.807) is 7.11 Å². The Morgan fingerprint density at radius 1 is 1.12 bits per heavy atom. The molecule has 1 amide bonds. The predicted octanol–water partition coefficient (Wildman–Crippen LogP) is 3.89. The highest BCUT2D eigenvalue weighted by molar-refractivity contribution is 5.78. The van der Waals surface area contributed by atoms with Crippen molar-refractivity contribution in [1.29, 1.82) is 0 Å². The standard InChI is InChI=1S/C28H40N4O2/c1-22(2)28(33)32(16-15-30-13-6-7-14-30)19-24-18-31(20-25-10-4-5-12-29-25)21-27(24)23-9-8-11-26(17-23)34-3/h4-5,8-12,17,22,24,27H,6-7,13-16,18-21H2,1-3H3. The lowest BCUT2D eigenvalue weighted by Crippen LogP contribution is -2.43. The summed E-state index contributed by atoms with van der Waals surface area (Å²) in [7, 11) is 1.72. The minimum absolute atomic E-state index is 0.0138. The number of ether oxygens (including phenoxy) is 1. The number of amides is 1. The summed E-state index contributed by atoms with van der Waals surface area (Å²) >= 11 is 0. The highest BCUT2D eigenvalue weighted by Crippen LogP contribution is 2.35. The fourth-order valence-electron chi connectivity index (χ4n) is 5.45. The maximum atomic E-state index is 13.2. The van der Waals surface area contributed by atoms with Crippen LogP contribution in [-0.2, 0) is 11.3 Å². The molecule has 4 rings (SSSR count). The summed E-state index contributed by atoms with van der Waals surface area (Å²) < 4.78 is 5.52. The van der Waals surface area contributed by atoms with E-state index in [2.05, 4.69) is 50.0 Å². The number of likely N-dealkylation sites (tertiary alicyclic amines) is 2. The van der Waals surface area contributed by atoms with E-state index in [1.165, 1.54) is 18.4 Å². The number of aromatic nitrogens is 1. The predicted molar refractivity (Wildman–Crippen MR) is 136 cm³/mol. The third kappa shape index (κ3) is 6.36. The number of hydrogen-bond donors (Lipinski definition) is 0. The molecule has 0 saturated carbocycles. The average molecular weight is 465 g/mol. The molecule has 2 aliphatic heterocycles. The molecular formula is C28H40N4O2. The van der Waals surface area contributed by atoms with Crippen molar-refractivity contribution in [3.63, 3.8) is 0 Å². The average Bonchev–Trinajstić information content (AvgIpc) is 3.52. The number of carbonyl (C=O) groups is 1. The van der Waals surface area contributed by atoms with E-state index in [0.29, 0.717) is 11.8 Å². The molecule has 2 saturated heterocycles. The van der Waals surface area contributed by atoms with Crippen LogP contribution in [0.5, 0.6) is 5.75 Å². The van der Waals surface area contributed by atoms with Gasteiger partial charge < -0.3 is 14.5 Å². The van der Waals surface area contributed by atoms with Gasteiger partial charge in [-0.05, 0) is 61.7 Å². The lowest BCUT2D eigenvalue weighted by Gasteiger charge is -2.31. The van der Waals surface area contributed by atoms with Crippen LogP contribution in [-0.4, -0.2) is 78.5 Å². The van der Waals surface area contributed by atoms with Gasteiger partial charge in [0.1, 0.15) is 5.75 Å². The summed E-state index contributed by atoms with van der Waals surface area (Å²) in [5.41, 5.74) is 2.39. The van der Waals surface area contributed by atoms with E-state index in [1.807, 2.05) is 32.2 Å². The highest BCUT2D eigenvalue weighted by atomic mass is 16.5. The molecule has 0 spiro atoms. The Morgan fingerprint density at radius 3 is 2.65 bits per heavy atom. The van der Waals surface area contributed by atoms with Crippen LogP contribution in [0.2, 0.25) is 0 Å². The Labute approximate surface area is 204 Å². The molecule has 1 aromatic carbocycles. The Bertz CT molecular complexity index is 914. The molecule has 184 valence electrons. The molecule has 6 nitrogen and oxygen atoms in total. The number of hydrogen-bond acceptors (Lipinski definition) is 5. The number of rotatable bonds is 10. The van der Waals surface area contributed by atoms with Gasteiger partial charge in [0.25, 0.3) is 0 Å². The van der Waals surface area contributed by atoms with Crippen molar-refractivity contribution in [2.24, 2.45) is 11.8 Å². The van der Waals surface area contributed by atoms with Gasteiger partial charge in [-0.3, -0.25) is 14.7 Å². The maximum absolute atomic E-state index is 13.2. The fraction of sp³-hybridized carbons (Fsp3) is 0.571. The lowest BCUT2D eigenvalue weighted by atomic mass is 9.88. The van der Waals surface area contributed by atoms with Crippen LogP contribution in [0.3, 0.4) is 0 Å². The van der Waals surface area contributed by atoms with E-state index < -0.39 is 0 Å². The van der Waals surface area contributed by atoms with Gasteiger partial charge in [0.15, 0.2) is 0 Å².